The zero-order chi connectivity index (χ0) is 12.5. The molecule has 1 saturated heterocycles. The predicted molar refractivity (Wildman–Crippen MR) is 75.7 cm³/mol. The summed E-state index contributed by atoms with van der Waals surface area (Å²) in [7, 11) is 1.92. The molecule has 1 amide bonds. The third-order valence-corrected chi connectivity index (χ3v) is 6.07. The second-order valence-corrected chi connectivity index (χ2v) is 7.19. The van der Waals surface area contributed by atoms with Crippen LogP contribution in [0.2, 0.25) is 0 Å². The highest BCUT2D eigenvalue weighted by Crippen LogP contribution is 2.44. The quantitative estimate of drug-likeness (QED) is 0.828. The lowest BCUT2D eigenvalue weighted by molar-refractivity contribution is -0.135. The van der Waals surface area contributed by atoms with Crippen LogP contribution in [0.5, 0.6) is 0 Å². The zero-order valence-electron chi connectivity index (χ0n) is 11.2. The van der Waals surface area contributed by atoms with Crippen molar-refractivity contribution >= 4 is 17.7 Å². The molecule has 0 radical (unpaired) electrons. The lowest BCUT2D eigenvalue weighted by Gasteiger charge is -2.33. The van der Waals surface area contributed by atoms with E-state index in [9.17, 15) is 4.79 Å². The Morgan fingerprint density at radius 3 is 3.00 bits per heavy atom. The van der Waals surface area contributed by atoms with Crippen molar-refractivity contribution in [2.45, 2.75) is 44.2 Å². The van der Waals surface area contributed by atoms with Crippen molar-refractivity contribution in [3.63, 3.8) is 0 Å². The van der Waals surface area contributed by atoms with E-state index in [-0.39, 0.29) is 6.04 Å². The molecule has 18 heavy (non-hydrogen) atoms. The molecule has 4 unspecified atom stereocenters. The van der Waals surface area contributed by atoms with Crippen molar-refractivity contribution in [3.8, 4) is 0 Å². The molecule has 1 aliphatic heterocycles. The number of carbonyl (C=O) groups excluding carboxylic acids is 1. The van der Waals surface area contributed by atoms with Crippen molar-refractivity contribution in [1.29, 1.82) is 0 Å². The fourth-order valence-electron chi connectivity index (χ4n) is 4.09. The maximum absolute atomic E-state index is 12.6. The first-order valence-electron chi connectivity index (χ1n) is 7.35. The number of fused-ring (bicyclic) bond motifs is 2. The Morgan fingerprint density at radius 2 is 2.22 bits per heavy atom. The monoisotopic (exact) mass is 268 g/mol. The van der Waals surface area contributed by atoms with Crippen LogP contribution in [0.4, 0.5) is 0 Å². The molecule has 3 rings (SSSR count). The molecule has 3 aliphatic rings. The summed E-state index contributed by atoms with van der Waals surface area (Å²) in [6.07, 6.45) is 6.79. The summed E-state index contributed by atoms with van der Waals surface area (Å²) in [5.74, 6) is 4.11. The molecular weight excluding hydrogens is 244 g/mol. The largest absolute Gasteiger partial charge is 0.337 e. The van der Waals surface area contributed by atoms with Crippen LogP contribution < -0.4 is 5.32 Å². The van der Waals surface area contributed by atoms with E-state index in [4.69, 9.17) is 0 Å². The number of amides is 1. The molecule has 3 nitrogen and oxygen atoms in total. The molecule has 102 valence electrons. The minimum atomic E-state index is 0.0398. The van der Waals surface area contributed by atoms with Gasteiger partial charge in [-0.1, -0.05) is 12.8 Å². The summed E-state index contributed by atoms with van der Waals surface area (Å²) in [6, 6.07) is 0.595. The fourth-order valence-corrected chi connectivity index (χ4v) is 5.13. The predicted octanol–water partition coefficient (Wildman–Crippen LogP) is 1.73. The molecule has 0 aromatic carbocycles. The Balaban J connectivity index is 1.75. The van der Waals surface area contributed by atoms with E-state index in [0.717, 1.165) is 29.9 Å². The maximum atomic E-state index is 12.6. The van der Waals surface area contributed by atoms with Gasteiger partial charge in [-0.3, -0.25) is 4.79 Å². The van der Waals surface area contributed by atoms with Crippen molar-refractivity contribution < 1.29 is 4.79 Å². The molecule has 0 aromatic heterocycles. The van der Waals surface area contributed by atoms with Crippen molar-refractivity contribution in [1.82, 2.24) is 10.2 Å². The summed E-state index contributed by atoms with van der Waals surface area (Å²) < 4.78 is 0. The lowest BCUT2D eigenvalue weighted by atomic mass is 9.88. The normalized spacial score (nSPS) is 40.9. The molecular formula is C14H24N2OS. The average molecular weight is 268 g/mol. The Morgan fingerprint density at radius 1 is 1.33 bits per heavy atom. The highest BCUT2D eigenvalue weighted by atomic mass is 32.2. The Bertz CT molecular complexity index is 323. The standard InChI is InChI=1S/C14H24N2OS/c1-15-12-9-18-6-5-16(14(12)17)13-8-10-3-2-4-11(13)7-10/h10-13,15H,2-9H2,1H3. The fraction of sp³-hybridized carbons (Fsp3) is 0.929. The van der Waals surface area contributed by atoms with Gasteiger partial charge in [0.1, 0.15) is 0 Å². The minimum Gasteiger partial charge on any atom is -0.337 e. The molecule has 4 heteroatoms. The number of carbonyl (C=O) groups is 1. The van der Waals surface area contributed by atoms with Gasteiger partial charge in [0.2, 0.25) is 5.91 Å². The van der Waals surface area contributed by atoms with E-state index in [0.29, 0.717) is 11.9 Å². The second kappa shape index (κ2) is 5.41. The van der Waals surface area contributed by atoms with Gasteiger partial charge in [-0.2, -0.15) is 11.8 Å². The Labute approximate surface area is 114 Å². The summed E-state index contributed by atoms with van der Waals surface area (Å²) in [5, 5.41) is 3.19. The van der Waals surface area contributed by atoms with Crippen LogP contribution in [-0.4, -0.2) is 48.0 Å². The topological polar surface area (TPSA) is 32.3 Å². The molecule has 1 N–H and O–H groups in total. The highest BCUT2D eigenvalue weighted by molar-refractivity contribution is 7.99. The molecule has 4 atom stereocenters. The van der Waals surface area contributed by atoms with Crippen molar-refractivity contribution in [2.75, 3.05) is 25.1 Å². The average Bonchev–Trinajstić information content (AvgIpc) is 2.57. The van der Waals surface area contributed by atoms with Crippen LogP contribution >= 0.6 is 11.8 Å². The van der Waals surface area contributed by atoms with Gasteiger partial charge in [0.05, 0.1) is 6.04 Å². The smallest absolute Gasteiger partial charge is 0.240 e. The molecule has 2 saturated carbocycles. The first-order chi connectivity index (χ1) is 8.79. The number of hydrogen-bond acceptors (Lipinski definition) is 3. The Kier molecular flexibility index (Phi) is 3.85. The number of thioether (sulfide) groups is 1. The minimum absolute atomic E-state index is 0.0398. The lowest BCUT2D eigenvalue weighted by Crippen LogP contribution is -2.50. The van der Waals surface area contributed by atoms with Crippen LogP contribution in [-0.2, 0) is 4.79 Å². The van der Waals surface area contributed by atoms with Crippen LogP contribution in [0.25, 0.3) is 0 Å². The summed E-state index contributed by atoms with van der Waals surface area (Å²) in [4.78, 5) is 14.8. The van der Waals surface area contributed by atoms with Gasteiger partial charge in [0.25, 0.3) is 0 Å². The molecule has 0 spiro atoms. The van der Waals surface area contributed by atoms with E-state index in [2.05, 4.69) is 10.2 Å². The van der Waals surface area contributed by atoms with Gasteiger partial charge in [-0.05, 0) is 38.1 Å². The van der Waals surface area contributed by atoms with Gasteiger partial charge >= 0.3 is 0 Å². The second-order valence-electron chi connectivity index (χ2n) is 6.04. The van der Waals surface area contributed by atoms with E-state index < -0.39 is 0 Å². The maximum Gasteiger partial charge on any atom is 0.240 e. The summed E-state index contributed by atoms with van der Waals surface area (Å²) in [5.41, 5.74) is 0. The van der Waals surface area contributed by atoms with E-state index in [1.807, 2.05) is 18.8 Å². The molecule has 2 bridgehead atoms. The number of nitrogens with zero attached hydrogens (tertiary/aromatic N) is 1. The SMILES string of the molecule is CNC1CSCCN(C2CC3CCCC2C3)C1=O. The number of likely N-dealkylation sites (N-methyl/N-ethyl adjacent to an activating group) is 1. The van der Waals surface area contributed by atoms with Crippen LogP contribution in [0.1, 0.15) is 32.1 Å². The first-order valence-corrected chi connectivity index (χ1v) is 8.50. The summed E-state index contributed by atoms with van der Waals surface area (Å²) >= 11 is 1.91. The third-order valence-electron chi connectivity index (χ3n) is 5.03. The van der Waals surface area contributed by atoms with Gasteiger partial charge in [0, 0.05) is 24.1 Å². The number of nitrogens with one attached hydrogen (secondary N) is 1. The van der Waals surface area contributed by atoms with Gasteiger partial charge in [-0.25, -0.2) is 0 Å². The van der Waals surface area contributed by atoms with Gasteiger partial charge < -0.3 is 10.2 Å². The third kappa shape index (κ3) is 2.29. The molecule has 3 fully saturated rings. The molecule has 0 aromatic rings. The molecule has 1 heterocycles. The number of hydrogen-bond donors (Lipinski definition) is 1. The first kappa shape index (κ1) is 12.8. The van der Waals surface area contributed by atoms with Gasteiger partial charge in [0.15, 0.2) is 0 Å². The van der Waals surface area contributed by atoms with Crippen molar-refractivity contribution in [3.05, 3.63) is 0 Å². The van der Waals surface area contributed by atoms with E-state index in [1.54, 1.807) is 0 Å². The zero-order valence-corrected chi connectivity index (χ0v) is 12.0. The van der Waals surface area contributed by atoms with Crippen LogP contribution in [0.3, 0.4) is 0 Å². The van der Waals surface area contributed by atoms with Crippen LogP contribution in [0.15, 0.2) is 0 Å². The van der Waals surface area contributed by atoms with Crippen LogP contribution in [0, 0.1) is 11.8 Å². The van der Waals surface area contributed by atoms with Gasteiger partial charge in [-0.15, -0.1) is 0 Å². The Hall–Kier alpha value is -0.220. The molecule has 2 aliphatic carbocycles. The summed E-state index contributed by atoms with van der Waals surface area (Å²) in [6.45, 7) is 0.968. The van der Waals surface area contributed by atoms with E-state index >= 15 is 0 Å². The highest BCUT2D eigenvalue weighted by Gasteiger charge is 2.42. The van der Waals surface area contributed by atoms with E-state index in [1.165, 1.54) is 32.1 Å². The number of rotatable bonds is 2. The van der Waals surface area contributed by atoms with Crippen molar-refractivity contribution in [2.24, 2.45) is 11.8 Å².